The molecule has 5 heteroatoms. The molecule has 29 heavy (non-hydrogen) atoms. The van der Waals surface area contributed by atoms with Gasteiger partial charge in [-0.05, 0) is 51.7 Å². The predicted molar refractivity (Wildman–Crippen MR) is 116 cm³/mol. The largest absolute Gasteiger partial charge is 0.481 e. The van der Waals surface area contributed by atoms with Gasteiger partial charge >= 0.3 is 5.97 Å². The molecule has 0 bridgehead atoms. The van der Waals surface area contributed by atoms with Crippen molar-refractivity contribution in [3.8, 4) is 0 Å². The molecule has 0 aliphatic carbocycles. The van der Waals surface area contributed by atoms with Crippen LogP contribution < -0.4 is 0 Å². The molecular formula is C24H23BrFNO2. The number of halogens is 2. The van der Waals surface area contributed by atoms with E-state index in [0.717, 1.165) is 16.7 Å². The van der Waals surface area contributed by atoms with Crippen LogP contribution in [0.25, 0.3) is 0 Å². The summed E-state index contributed by atoms with van der Waals surface area (Å²) in [6, 6.07) is 24.2. The van der Waals surface area contributed by atoms with Gasteiger partial charge in [-0.1, -0.05) is 66.7 Å². The molecule has 0 aliphatic rings. The standard InChI is InChI=1S/C24H23BrFNO2/c1-17(19-10-6-3-7-11-19)27(16-18-8-4-2-5-9-18)23(15-24(28)29)20-12-13-22(26)21(25)14-20/h2-14,17,23H,15-16H2,1H3,(H,28,29)/t17-,23+/m1/s1. The Labute approximate surface area is 178 Å². The van der Waals surface area contributed by atoms with E-state index < -0.39 is 12.0 Å². The highest BCUT2D eigenvalue weighted by Gasteiger charge is 2.28. The lowest BCUT2D eigenvalue weighted by molar-refractivity contribution is -0.138. The van der Waals surface area contributed by atoms with Crippen molar-refractivity contribution in [2.75, 3.05) is 0 Å². The fourth-order valence-electron chi connectivity index (χ4n) is 3.55. The third kappa shape index (κ3) is 5.52. The van der Waals surface area contributed by atoms with Gasteiger partial charge < -0.3 is 5.11 Å². The molecule has 3 aromatic rings. The first-order valence-corrected chi connectivity index (χ1v) is 10.3. The average molecular weight is 456 g/mol. The Morgan fingerprint density at radius 3 is 2.21 bits per heavy atom. The zero-order valence-electron chi connectivity index (χ0n) is 16.1. The molecule has 0 heterocycles. The monoisotopic (exact) mass is 455 g/mol. The lowest BCUT2D eigenvalue weighted by Gasteiger charge is -2.37. The molecule has 3 nitrogen and oxygen atoms in total. The molecule has 150 valence electrons. The Morgan fingerprint density at radius 1 is 1.00 bits per heavy atom. The second-order valence-electron chi connectivity index (χ2n) is 7.03. The van der Waals surface area contributed by atoms with E-state index in [0.29, 0.717) is 11.0 Å². The van der Waals surface area contributed by atoms with Crippen LogP contribution in [-0.2, 0) is 11.3 Å². The van der Waals surface area contributed by atoms with Crippen molar-refractivity contribution in [3.63, 3.8) is 0 Å². The molecule has 0 aromatic heterocycles. The van der Waals surface area contributed by atoms with Gasteiger partial charge in [0.05, 0.1) is 10.9 Å². The summed E-state index contributed by atoms with van der Waals surface area (Å²) < 4.78 is 14.2. The van der Waals surface area contributed by atoms with Crippen molar-refractivity contribution in [3.05, 3.63) is 106 Å². The van der Waals surface area contributed by atoms with Gasteiger partial charge in [0.25, 0.3) is 0 Å². The van der Waals surface area contributed by atoms with E-state index in [9.17, 15) is 14.3 Å². The number of hydrogen-bond donors (Lipinski definition) is 1. The van der Waals surface area contributed by atoms with Gasteiger partial charge in [-0.15, -0.1) is 0 Å². The van der Waals surface area contributed by atoms with Gasteiger partial charge in [0, 0.05) is 18.6 Å². The predicted octanol–water partition coefficient (Wildman–Crippen LogP) is 6.37. The summed E-state index contributed by atoms with van der Waals surface area (Å²) in [6.45, 7) is 2.65. The highest BCUT2D eigenvalue weighted by molar-refractivity contribution is 9.10. The topological polar surface area (TPSA) is 40.5 Å². The van der Waals surface area contributed by atoms with Crippen LogP contribution in [0.2, 0.25) is 0 Å². The highest BCUT2D eigenvalue weighted by atomic mass is 79.9. The van der Waals surface area contributed by atoms with Gasteiger partial charge in [0.15, 0.2) is 0 Å². The van der Waals surface area contributed by atoms with Crippen LogP contribution in [0.1, 0.15) is 42.1 Å². The Kier molecular flexibility index (Phi) is 7.18. The van der Waals surface area contributed by atoms with Crippen LogP contribution in [0.15, 0.2) is 83.3 Å². The molecule has 0 saturated carbocycles. The summed E-state index contributed by atoms with van der Waals surface area (Å²) in [5.41, 5.74) is 2.95. The minimum atomic E-state index is -0.895. The van der Waals surface area contributed by atoms with Crippen molar-refractivity contribution in [2.24, 2.45) is 0 Å². The lowest BCUT2D eigenvalue weighted by Crippen LogP contribution is -2.32. The van der Waals surface area contributed by atoms with Gasteiger partial charge in [0.2, 0.25) is 0 Å². The van der Waals surface area contributed by atoms with E-state index in [-0.39, 0.29) is 18.3 Å². The molecule has 0 unspecified atom stereocenters. The minimum Gasteiger partial charge on any atom is -0.481 e. The van der Waals surface area contributed by atoms with Gasteiger partial charge in [-0.3, -0.25) is 9.69 Å². The number of carbonyl (C=O) groups is 1. The second kappa shape index (κ2) is 9.81. The number of benzene rings is 3. The number of carboxylic acid groups (broad SMARTS) is 1. The number of aliphatic carboxylic acids is 1. The van der Waals surface area contributed by atoms with Crippen molar-refractivity contribution < 1.29 is 14.3 Å². The maximum Gasteiger partial charge on any atom is 0.305 e. The van der Waals surface area contributed by atoms with Gasteiger partial charge in [-0.25, -0.2) is 4.39 Å². The molecule has 0 fully saturated rings. The first-order chi connectivity index (χ1) is 14.0. The fraction of sp³-hybridized carbons (Fsp3) is 0.208. The van der Waals surface area contributed by atoms with E-state index >= 15 is 0 Å². The van der Waals surface area contributed by atoms with Crippen LogP contribution in [0.5, 0.6) is 0 Å². The maximum absolute atomic E-state index is 13.8. The third-order valence-electron chi connectivity index (χ3n) is 5.08. The molecule has 0 amide bonds. The number of hydrogen-bond acceptors (Lipinski definition) is 2. The number of nitrogens with zero attached hydrogens (tertiary/aromatic N) is 1. The molecule has 3 rings (SSSR count). The maximum atomic E-state index is 13.8. The summed E-state index contributed by atoms with van der Waals surface area (Å²) in [6.07, 6.45) is -0.0813. The molecule has 0 radical (unpaired) electrons. The highest BCUT2D eigenvalue weighted by Crippen LogP contribution is 2.36. The third-order valence-corrected chi connectivity index (χ3v) is 5.69. The minimum absolute atomic E-state index is 0.0374. The molecule has 0 aliphatic heterocycles. The Morgan fingerprint density at radius 2 is 1.62 bits per heavy atom. The van der Waals surface area contributed by atoms with Gasteiger partial charge in [-0.2, -0.15) is 0 Å². The first-order valence-electron chi connectivity index (χ1n) is 9.47. The Balaban J connectivity index is 2.05. The Hall–Kier alpha value is -2.50. The lowest BCUT2D eigenvalue weighted by atomic mass is 9.96. The van der Waals surface area contributed by atoms with Gasteiger partial charge in [0.1, 0.15) is 5.82 Å². The van der Waals surface area contributed by atoms with Crippen LogP contribution in [0.4, 0.5) is 4.39 Å². The molecular weight excluding hydrogens is 433 g/mol. The van der Waals surface area contributed by atoms with Crippen LogP contribution in [0.3, 0.4) is 0 Å². The molecule has 1 N–H and O–H groups in total. The zero-order chi connectivity index (χ0) is 20.8. The smallest absolute Gasteiger partial charge is 0.305 e. The van der Waals surface area contributed by atoms with E-state index in [1.807, 2.05) is 60.7 Å². The average Bonchev–Trinajstić information content (AvgIpc) is 2.73. The normalized spacial score (nSPS) is 13.2. The summed E-state index contributed by atoms with van der Waals surface area (Å²) in [5.74, 6) is -1.26. The van der Waals surface area contributed by atoms with Crippen LogP contribution in [0, 0.1) is 5.82 Å². The van der Waals surface area contributed by atoms with E-state index in [1.54, 1.807) is 12.1 Å². The fourth-order valence-corrected chi connectivity index (χ4v) is 3.94. The molecule has 0 spiro atoms. The van der Waals surface area contributed by atoms with Crippen molar-refractivity contribution in [1.29, 1.82) is 0 Å². The molecule has 0 saturated heterocycles. The second-order valence-corrected chi connectivity index (χ2v) is 7.89. The SMILES string of the molecule is C[C@H](c1ccccc1)N(Cc1ccccc1)[C@@H](CC(=O)O)c1ccc(F)c(Br)c1. The van der Waals surface area contributed by atoms with Crippen LogP contribution >= 0.6 is 15.9 Å². The molecule has 3 aromatic carbocycles. The number of carboxylic acids is 1. The summed E-state index contributed by atoms with van der Waals surface area (Å²) in [7, 11) is 0. The quantitative estimate of drug-likeness (QED) is 0.429. The number of rotatable bonds is 8. The summed E-state index contributed by atoms with van der Waals surface area (Å²) in [5, 5.41) is 9.62. The molecule has 2 atom stereocenters. The summed E-state index contributed by atoms with van der Waals surface area (Å²) >= 11 is 3.24. The zero-order valence-corrected chi connectivity index (χ0v) is 17.7. The van der Waals surface area contributed by atoms with Crippen LogP contribution in [-0.4, -0.2) is 16.0 Å². The van der Waals surface area contributed by atoms with Crippen molar-refractivity contribution in [2.45, 2.75) is 32.0 Å². The summed E-state index contributed by atoms with van der Waals surface area (Å²) in [4.78, 5) is 13.9. The van der Waals surface area contributed by atoms with E-state index in [2.05, 4.69) is 27.8 Å². The van der Waals surface area contributed by atoms with Crippen molar-refractivity contribution in [1.82, 2.24) is 4.90 Å². The van der Waals surface area contributed by atoms with Crippen molar-refractivity contribution >= 4 is 21.9 Å². The first kappa shape index (κ1) is 21.2. The van der Waals surface area contributed by atoms with E-state index in [1.165, 1.54) is 6.07 Å². The van der Waals surface area contributed by atoms with E-state index in [4.69, 9.17) is 0 Å². The Bertz CT molecular complexity index is 950.